The molecule has 0 aliphatic heterocycles. The lowest BCUT2D eigenvalue weighted by atomic mass is 10.1. The van der Waals surface area contributed by atoms with Gasteiger partial charge in [-0.05, 0) is 18.6 Å². The van der Waals surface area contributed by atoms with E-state index in [1.54, 1.807) is 35.2 Å². The first kappa shape index (κ1) is 27.0. The third-order valence-electron chi connectivity index (χ3n) is 4.02. The number of aliphatic hydroxyl groups excluding tert-OH is 3. The first-order valence-corrected chi connectivity index (χ1v) is 11.4. The zero-order valence-electron chi connectivity index (χ0n) is 17.0. The Morgan fingerprint density at radius 2 is 1.32 bits per heavy atom. The van der Waals surface area contributed by atoms with Gasteiger partial charge >= 0.3 is 0 Å². The van der Waals surface area contributed by atoms with Crippen LogP contribution in [0.15, 0.2) is 35.2 Å². The molecule has 7 nitrogen and oxygen atoms in total. The molecular formula is C20H37NO6S. The molecule has 0 heterocycles. The lowest BCUT2D eigenvalue weighted by Crippen LogP contribution is -2.32. The second-order valence-electron chi connectivity index (χ2n) is 6.37. The molecule has 0 spiro atoms. The van der Waals surface area contributed by atoms with Crippen LogP contribution in [-0.2, 0) is 14.3 Å². The summed E-state index contributed by atoms with van der Waals surface area (Å²) in [4.78, 5) is 2.02. The molecule has 1 aromatic carbocycles. The van der Waals surface area contributed by atoms with Crippen LogP contribution in [0.4, 0.5) is 0 Å². The Bertz CT molecular complexity index is 539. The molecule has 0 atom stereocenters. The van der Waals surface area contributed by atoms with Crippen LogP contribution in [0, 0.1) is 0 Å². The van der Waals surface area contributed by atoms with Crippen LogP contribution in [0.3, 0.4) is 0 Å². The van der Waals surface area contributed by atoms with E-state index in [1.165, 1.54) is 19.3 Å². The highest BCUT2D eigenvalue weighted by molar-refractivity contribution is 7.86. The van der Waals surface area contributed by atoms with Crippen molar-refractivity contribution in [1.82, 2.24) is 4.90 Å². The van der Waals surface area contributed by atoms with Gasteiger partial charge in [-0.1, -0.05) is 57.2 Å². The number of rotatable bonds is 15. The maximum atomic E-state index is 11.7. The summed E-state index contributed by atoms with van der Waals surface area (Å²) in [5.41, 5.74) is 0. The van der Waals surface area contributed by atoms with Crippen LogP contribution in [-0.4, -0.2) is 74.7 Å². The zero-order chi connectivity index (χ0) is 21.1. The molecule has 164 valence electrons. The topological polar surface area (TPSA) is 107 Å². The maximum Gasteiger partial charge on any atom is 0.296 e. The molecule has 1 aromatic rings. The van der Waals surface area contributed by atoms with Gasteiger partial charge in [-0.25, -0.2) is 0 Å². The van der Waals surface area contributed by atoms with Crippen LogP contribution >= 0.6 is 0 Å². The molecule has 0 radical (unpaired) electrons. The fourth-order valence-electron chi connectivity index (χ4n) is 2.47. The van der Waals surface area contributed by atoms with Crippen LogP contribution < -0.4 is 0 Å². The van der Waals surface area contributed by atoms with E-state index in [9.17, 15) is 8.42 Å². The Morgan fingerprint density at radius 1 is 0.821 bits per heavy atom. The smallest absolute Gasteiger partial charge is 0.296 e. The average Bonchev–Trinajstić information content (AvgIpc) is 2.69. The second kappa shape index (κ2) is 18.0. The Labute approximate surface area is 170 Å². The minimum atomic E-state index is -3.56. The summed E-state index contributed by atoms with van der Waals surface area (Å²) < 4.78 is 28.5. The van der Waals surface area contributed by atoms with E-state index >= 15 is 0 Å². The van der Waals surface area contributed by atoms with Gasteiger partial charge in [0, 0.05) is 19.6 Å². The summed E-state index contributed by atoms with van der Waals surface area (Å²) in [7, 11) is -3.56. The Balaban J connectivity index is 0.000000621. The monoisotopic (exact) mass is 419 g/mol. The molecule has 28 heavy (non-hydrogen) atoms. The van der Waals surface area contributed by atoms with Crippen molar-refractivity contribution in [2.24, 2.45) is 0 Å². The summed E-state index contributed by atoms with van der Waals surface area (Å²) in [5.74, 6) is 0. The van der Waals surface area contributed by atoms with Gasteiger partial charge in [-0.3, -0.25) is 9.08 Å². The largest absolute Gasteiger partial charge is 0.395 e. The molecule has 0 amide bonds. The van der Waals surface area contributed by atoms with Gasteiger partial charge < -0.3 is 15.3 Å². The molecule has 0 aliphatic carbocycles. The van der Waals surface area contributed by atoms with Crippen molar-refractivity contribution < 1.29 is 27.9 Å². The third-order valence-corrected chi connectivity index (χ3v) is 5.34. The molecular weight excluding hydrogens is 382 g/mol. The Hall–Kier alpha value is -1.03. The van der Waals surface area contributed by atoms with Crippen molar-refractivity contribution in [3.63, 3.8) is 0 Å². The molecule has 0 bridgehead atoms. The standard InChI is InChI=1S/C14H22O3S.C6H15NO3/c1-2-3-4-5-6-10-13-17-18(15,16)14-11-8-7-9-12-14;8-4-1-7(2-5-9)3-6-10/h7-9,11-12H,2-6,10,13H2,1H3;8-10H,1-6H2. The first-order chi connectivity index (χ1) is 13.5. The van der Waals surface area contributed by atoms with Crippen molar-refractivity contribution in [2.75, 3.05) is 46.1 Å². The van der Waals surface area contributed by atoms with E-state index in [-0.39, 0.29) is 31.3 Å². The predicted molar refractivity (Wildman–Crippen MR) is 111 cm³/mol. The van der Waals surface area contributed by atoms with Crippen LogP contribution in [0.25, 0.3) is 0 Å². The molecule has 0 unspecified atom stereocenters. The highest BCUT2D eigenvalue weighted by Crippen LogP contribution is 2.12. The van der Waals surface area contributed by atoms with E-state index < -0.39 is 10.1 Å². The van der Waals surface area contributed by atoms with Gasteiger partial charge in [-0.2, -0.15) is 8.42 Å². The maximum absolute atomic E-state index is 11.7. The van der Waals surface area contributed by atoms with Crippen molar-refractivity contribution in [3.05, 3.63) is 30.3 Å². The fourth-order valence-corrected chi connectivity index (χ4v) is 3.43. The SMILES string of the molecule is CCCCCCCCOS(=O)(=O)c1ccccc1.OCCN(CCO)CCO. The van der Waals surface area contributed by atoms with Gasteiger partial charge in [0.05, 0.1) is 31.3 Å². The van der Waals surface area contributed by atoms with Crippen molar-refractivity contribution in [1.29, 1.82) is 0 Å². The molecule has 0 aromatic heterocycles. The minimum Gasteiger partial charge on any atom is -0.395 e. The van der Waals surface area contributed by atoms with Gasteiger partial charge in [0.1, 0.15) is 0 Å². The summed E-state index contributed by atoms with van der Waals surface area (Å²) in [6.07, 6.45) is 6.69. The predicted octanol–water partition coefficient (Wildman–Crippen LogP) is 2.02. The summed E-state index contributed by atoms with van der Waals surface area (Å²) in [6, 6.07) is 8.28. The summed E-state index contributed by atoms with van der Waals surface area (Å²) in [6.45, 7) is 4.21. The van der Waals surface area contributed by atoms with Gasteiger partial charge in [-0.15, -0.1) is 0 Å². The number of unbranched alkanes of at least 4 members (excludes halogenated alkanes) is 5. The summed E-state index contributed by atoms with van der Waals surface area (Å²) in [5, 5.41) is 25.5. The Kier molecular flexibility index (Phi) is 17.4. The van der Waals surface area contributed by atoms with E-state index in [0.717, 1.165) is 19.3 Å². The highest BCUT2D eigenvalue weighted by Gasteiger charge is 2.13. The molecule has 0 aliphatic rings. The zero-order valence-corrected chi connectivity index (χ0v) is 17.8. The van der Waals surface area contributed by atoms with Gasteiger partial charge in [0.2, 0.25) is 0 Å². The quantitative estimate of drug-likeness (QED) is 0.295. The number of hydrogen-bond acceptors (Lipinski definition) is 7. The molecule has 8 heteroatoms. The van der Waals surface area contributed by atoms with Crippen LogP contribution in [0.5, 0.6) is 0 Å². The number of nitrogens with zero attached hydrogens (tertiary/aromatic N) is 1. The molecule has 1 rings (SSSR count). The van der Waals surface area contributed by atoms with E-state index in [0.29, 0.717) is 19.6 Å². The normalized spacial score (nSPS) is 11.3. The first-order valence-electron chi connectivity index (χ1n) is 10.0. The highest BCUT2D eigenvalue weighted by atomic mass is 32.2. The lowest BCUT2D eigenvalue weighted by molar-refractivity contribution is 0.136. The number of hydrogen-bond donors (Lipinski definition) is 3. The van der Waals surface area contributed by atoms with Gasteiger partial charge in [0.25, 0.3) is 10.1 Å². The van der Waals surface area contributed by atoms with E-state index in [4.69, 9.17) is 19.5 Å². The van der Waals surface area contributed by atoms with Crippen LogP contribution in [0.2, 0.25) is 0 Å². The third kappa shape index (κ3) is 14.0. The van der Waals surface area contributed by atoms with Gasteiger partial charge in [0.15, 0.2) is 0 Å². The molecule has 0 saturated carbocycles. The number of benzene rings is 1. The van der Waals surface area contributed by atoms with E-state index in [1.807, 2.05) is 0 Å². The number of aliphatic hydroxyl groups is 3. The summed E-state index contributed by atoms with van der Waals surface area (Å²) >= 11 is 0. The van der Waals surface area contributed by atoms with Crippen molar-refractivity contribution in [3.8, 4) is 0 Å². The molecule has 0 fully saturated rings. The van der Waals surface area contributed by atoms with Crippen molar-refractivity contribution >= 4 is 10.1 Å². The Morgan fingerprint density at radius 3 is 1.82 bits per heavy atom. The minimum absolute atomic E-state index is 0.0694. The molecule has 3 N–H and O–H groups in total. The second-order valence-corrected chi connectivity index (χ2v) is 7.98. The van der Waals surface area contributed by atoms with Crippen LogP contribution in [0.1, 0.15) is 45.4 Å². The van der Waals surface area contributed by atoms with E-state index in [2.05, 4.69) is 6.92 Å². The lowest BCUT2D eigenvalue weighted by Gasteiger charge is -2.17. The van der Waals surface area contributed by atoms with Crippen molar-refractivity contribution in [2.45, 2.75) is 50.3 Å². The fraction of sp³-hybridized carbons (Fsp3) is 0.700. The molecule has 0 saturated heterocycles. The average molecular weight is 420 g/mol.